The van der Waals surface area contributed by atoms with Crippen molar-refractivity contribution in [1.82, 2.24) is 15.2 Å². The normalized spacial score (nSPS) is 19.4. The zero-order valence-electron chi connectivity index (χ0n) is 11.1. The topological polar surface area (TPSA) is 41.3 Å². The molecule has 1 atom stereocenters. The molecular formula is C13H18Cl2FN3O. The molecule has 20 heavy (non-hydrogen) atoms. The predicted molar refractivity (Wildman–Crippen MR) is 81.2 cm³/mol. The van der Waals surface area contributed by atoms with Gasteiger partial charge in [0.25, 0.3) is 0 Å². The summed E-state index contributed by atoms with van der Waals surface area (Å²) in [5.41, 5.74) is 1.24. The summed E-state index contributed by atoms with van der Waals surface area (Å²) in [6, 6.07) is 4.90. The summed E-state index contributed by atoms with van der Waals surface area (Å²) in [6.07, 6.45) is 0. The first-order valence-electron chi connectivity index (χ1n) is 6.22. The van der Waals surface area contributed by atoms with Gasteiger partial charge in [-0.2, -0.15) is 0 Å². The molecule has 0 radical (unpaired) electrons. The highest BCUT2D eigenvalue weighted by Crippen LogP contribution is 2.18. The Morgan fingerprint density at radius 2 is 2.25 bits per heavy atom. The molecule has 1 aliphatic heterocycles. The predicted octanol–water partition coefficient (Wildman–Crippen LogP) is 2.60. The first-order chi connectivity index (χ1) is 8.72. The molecule has 2 aromatic rings. The Bertz CT molecular complexity index is 564. The van der Waals surface area contributed by atoms with Crippen LogP contribution in [0.2, 0.25) is 0 Å². The molecule has 1 aromatic heterocycles. The smallest absolute Gasteiger partial charge is 0.209 e. The number of hydrogen-bond donors (Lipinski definition) is 1. The van der Waals surface area contributed by atoms with Gasteiger partial charge in [-0.3, -0.25) is 4.90 Å². The number of hydrogen-bond acceptors (Lipinski definition) is 4. The van der Waals surface area contributed by atoms with Crippen molar-refractivity contribution in [2.75, 3.05) is 19.6 Å². The zero-order valence-corrected chi connectivity index (χ0v) is 12.8. The minimum atomic E-state index is -0.291. The molecule has 1 N–H and O–H groups in total. The number of piperazine rings is 1. The molecule has 0 aliphatic carbocycles. The van der Waals surface area contributed by atoms with E-state index in [0.29, 0.717) is 29.6 Å². The largest absolute Gasteiger partial charge is 0.439 e. The van der Waals surface area contributed by atoms with Gasteiger partial charge in [0.1, 0.15) is 11.3 Å². The zero-order chi connectivity index (χ0) is 12.5. The van der Waals surface area contributed by atoms with Crippen LogP contribution in [0, 0.1) is 5.82 Å². The van der Waals surface area contributed by atoms with Crippen LogP contribution in [0.4, 0.5) is 4.39 Å². The highest BCUT2D eigenvalue weighted by Gasteiger charge is 2.20. The van der Waals surface area contributed by atoms with E-state index in [4.69, 9.17) is 4.42 Å². The molecule has 0 unspecified atom stereocenters. The molecule has 0 saturated carbocycles. The summed E-state index contributed by atoms with van der Waals surface area (Å²) in [6.45, 7) is 5.80. The second-order valence-corrected chi connectivity index (χ2v) is 4.74. The Hall–Kier alpha value is -0.880. The summed E-state index contributed by atoms with van der Waals surface area (Å²) in [7, 11) is 0. The standard InChI is InChI=1S/C13H16FN3O.2ClH/c1-9-7-15-4-5-17(9)8-13-16-11-3-2-10(14)6-12(11)18-13;;/h2-3,6,9,15H,4-5,7-8H2,1H3;2*1H/t9-;;/m1../s1. The molecule has 7 heteroatoms. The summed E-state index contributed by atoms with van der Waals surface area (Å²) >= 11 is 0. The van der Waals surface area contributed by atoms with Crippen LogP contribution in [0.1, 0.15) is 12.8 Å². The van der Waals surface area contributed by atoms with E-state index in [-0.39, 0.29) is 30.6 Å². The van der Waals surface area contributed by atoms with Crippen LogP contribution < -0.4 is 5.32 Å². The Kier molecular flexibility index (Phi) is 6.20. The van der Waals surface area contributed by atoms with Gasteiger partial charge < -0.3 is 9.73 Å². The first-order valence-corrected chi connectivity index (χ1v) is 6.22. The van der Waals surface area contributed by atoms with E-state index >= 15 is 0 Å². The molecule has 1 aromatic carbocycles. The Morgan fingerprint density at radius 3 is 3.00 bits per heavy atom. The number of oxazole rings is 1. The minimum absolute atomic E-state index is 0. The number of rotatable bonds is 2. The highest BCUT2D eigenvalue weighted by atomic mass is 35.5. The number of aromatic nitrogens is 1. The van der Waals surface area contributed by atoms with Gasteiger partial charge in [-0.05, 0) is 19.1 Å². The van der Waals surface area contributed by atoms with E-state index < -0.39 is 0 Å². The van der Waals surface area contributed by atoms with Gasteiger partial charge in [-0.15, -0.1) is 24.8 Å². The fourth-order valence-corrected chi connectivity index (χ4v) is 2.31. The number of halogens is 3. The average molecular weight is 322 g/mol. The van der Waals surface area contributed by atoms with E-state index in [9.17, 15) is 4.39 Å². The summed E-state index contributed by atoms with van der Waals surface area (Å²) < 4.78 is 18.6. The number of fused-ring (bicyclic) bond motifs is 1. The fraction of sp³-hybridized carbons (Fsp3) is 0.462. The second kappa shape index (κ2) is 7.22. The van der Waals surface area contributed by atoms with Crippen molar-refractivity contribution in [3.05, 3.63) is 29.9 Å². The van der Waals surface area contributed by atoms with E-state index in [1.807, 2.05) is 0 Å². The monoisotopic (exact) mass is 321 g/mol. The van der Waals surface area contributed by atoms with Crippen LogP contribution in [0.3, 0.4) is 0 Å². The van der Waals surface area contributed by atoms with Crippen LogP contribution in [0.25, 0.3) is 11.1 Å². The third kappa shape index (κ3) is 3.61. The summed E-state index contributed by atoms with van der Waals surface area (Å²) in [5, 5.41) is 3.34. The van der Waals surface area contributed by atoms with Gasteiger partial charge >= 0.3 is 0 Å². The molecule has 0 amide bonds. The molecular weight excluding hydrogens is 304 g/mol. The van der Waals surface area contributed by atoms with Crippen molar-refractivity contribution in [3.8, 4) is 0 Å². The third-order valence-corrected chi connectivity index (χ3v) is 3.37. The summed E-state index contributed by atoms with van der Waals surface area (Å²) in [5.74, 6) is 0.366. The van der Waals surface area contributed by atoms with Crippen molar-refractivity contribution in [3.63, 3.8) is 0 Å². The van der Waals surface area contributed by atoms with Crippen LogP contribution in [0.5, 0.6) is 0 Å². The van der Waals surface area contributed by atoms with E-state index in [2.05, 4.69) is 22.1 Å². The SMILES string of the molecule is C[C@@H]1CNCCN1Cc1nc2ccc(F)cc2o1.Cl.Cl. The molecule has 1 fully saturated rings. The maximum absolute atomic E-state index is 13.1. The third-order valence-electron chi connectivity index (χ3n) is 3.37. The van der Waals surface area contributed by atoms with Crippen molar-refractivity contribution in [2.24, 2.45) is 0 Å². The molecule has 2 heterocycles. The van der Waals surface area contributed by atoms with Crippen LogP contribution >= 0.6 is 24.8 Å². The summed E-state index contributed by atoms with van der Waals surface area (Å²) in [4.78, 5) is 6.70. The van der Waals surface area contributed by atoms with E-state index in [0.717, 1.165) is 19.6 Å². The molecule has 4 nitrogen and oxygen atoms in total. The van der Waals surface area contributed by atoms with Crippen molar-refractivity contribution < 1.29 is 8.81 Å². The minimum Gasteiger partial charge on any atom is -0.439 e. The van der Waals surface area contributed by atoms with Crippen molar-refractivity contribution >= 4 is 35.9 Å². The Balaban J connectivity index is 0.000001000. The lowest BCUT2D eigenvalue weighted by Gasteiger charge is -2.32. The van der Waals surface area contributed by atoms with Gasteiger partial charge in [0.05, 0.1) is 6.54 Å². The van der Waals surface area contributed by atoms with Crippen molar-refractivity contribution in [2.45, 2.75) is 19.5 Å². The molecule has 0 spiro atoms. The van der Waals surface area contributed by atoms with Crippen molar-refractivity contribution in [1.29, 1.82) is 0 Å². The first kappa shape index (κ1) is 17.2. The fourth-order valence-electron chi connectivity index (χ4n) is 2.31. The molecule has 1 saturated heterocycles. The van der Waals surface area contributed by atoms with Gasteiger partial charge in [0, 0.05) is 31.7 Å². The van der Waals surface area contributed by atoms with E-state index in [1.165, 1.54) is 12.1 Å². The molecule has 1 aliphatic rings. The maximum Gasteiger partial charge on any atom is 0.209 e. The van der Waals surface area contributed by atoms with Gasteiger partial charge in [-0.1, -0.05) is 0 Å². The lowest BCUT2D eigenvalue weighted by Crippen LogP contribution is -2.49. The Labute approximate surface area is 129 Å². The van der Waals surface area contributed by atoms with Gasteiger partial charge in [0.15, 0.2) is 5.58 Å². The van der Waals surface area contributed by atoms with Gasteiger partial charge in [0.2, 0.25) is 5.89 Å². The average Bonchev–Trinajstić information content (AvgIpc) is 2.73. The lowest BCUT2D eigenvalue weighted by atomic mass is 10.2. The van der Waals surface area contributed by atoms with Crippen LogP contribution in [-0.4, -0.2) is 35.6 Å². The maximum atomic E-state index is 13.1. The van der Waals surface area contributed by atoms with Crippen LogP contribution in [0.15, 0.2) is 22.6 Å². The number of nitrogens with one attached hydrogen (secondary N) is 1. The molecule has 3 rings (SSSR count). The lowest BCUT2D eigenvalue weighted by molar-refractivity contribution is 0.152. The highest BCUT2D eigenvalue weighted by molar-refractivity contribution is 5.85. The van der Waals surface area contributed by atoms with Crippen LogP contribution in [-0.2, 0) is 6.54 Å². The number of benzene rings is 1. The second-order valence-electron chi connectivity index (χ2n) is 4.74. The number of nitrogens with zero attached hydrogens (tertiary/aromatic N) is 2. The molecule has 0 bridgehead atoms. The Morgan fingerprint density at radius 1 is 1.45 bits per heavy atom. The molecule has 112 valence electrons. The van der Waals surface area contributed by atoms with Gasteiger partial charge in [-0.25, -0.2) is 9.37 Å². The quantitative estimate of drug-likeness (QED) is 0.923. The van der Waals surface area contributed by atoms with E-state index in [1.54, 1.807) is 6.07 Å².